The summed E-state index contributed by atoms with van der Waals surface area (Å²) in [6.45, 7) is 9.27. The maximum atomic E-state index is 12.8. The van der Waals surface area contributed by atoms with Gasteiger partial charge >= 0.3 is 0 Å². The van der Waals surface area contributed by atoms with Crippen LogP contribution in [0, 0.1) is 11.3 Å². The Labute approximate surface area is 145 Å². The topological polar surface area (TPSA) is 55.4 Å². The molecule has 1 saturated carbocycles. The summed E-state index contributed by atoms with van der Waals surface area (Å²) in [6.07, 6.45) is 0.833. The minimum atomic E-state index is -0.753. The molecule has 0 spiro atoms. The van der Waals surface area contributed by atoms with Crippen LogP contribution in [0.2, 0.25) is 0 Å². The molecule has 1 N–H and O–H groups in total. The first-order valence-corrected chi connectivity index (χ1v) is 8.52. The van der Waals surface area contributed by atoms with Gasteiger partial charge in [-0.3, -0.25) is 9.59 Å². The van der Waals surface area contributed by atoms with Crippen LogP contribution in [0.5, 0.6) is 0 Å². The Kier molecular flexibility index (Phi) is 5.19. The molecule has 132 valence electrons. The van der Waals surface area contributed by atoms with E-state index in [1.165, 1.54) is 5.56 Å². The minimum Gasteiger partial charge on any atom is -0.376 e. The Morgan fingerprint density at radius 3 is 2.21 bits per heavy atom. The lowest BCUT2D eigenvalue weighted by Gasteiger charge is -2.36. The van der Waals surface area contributed by atoms with E-state index in [9.17, 15) is 9.59 Å². The van der Waals surface area contributed by atoms with E-state index >= 15 is 0 Å². The fraction of sp³-hybridized carbons (Fsp3) is 0.600. The minimum absolute atomic E-state index is 0.0142. The summed E-state index contributed by atoms with van der Waals surface area (Å²) in [6, 6.07) is 9.39. The number of ether oxygens (including phenoxy) is 1. The molecule has 1 unspecified atom stereocenters. The highest BCUT2D eigenvalue weighted by atomic mass is 16.5. The monoisotopic (exact) mass is 331 g/mol. The number of benzene rings is 1. The van der Waals surface area contributed by atoms with Crippen LogP contribution in [0.4, 0.5) is 0 Å². The Morgan fingerprint density at radius 2 is 1.71 bits per heavy atom. The van der Waals surface area contributed by atoms with Crippen molar-refractivity contribution in [1.82, 2.24) is 5.32 Å². The van der Waals surface area contributed by atoms with Crippen molar-refractivity contribution < 1.29 is 14.3 Å². The number of carbonyl (C=O) groups excluding carboxylic acids is 2. The van der Waals surface area contributed by atoms with E-state index in [2.05, 4.69) is 17.4 Å². The summed E-state index contributed by atoms with van der Waals surface area (Å²) >= 11 is 0. The molecule has 0 radical (unpaired) electrons. The fourth-order valence-electron chi connectivity index (χ4n) is 2.91. The van der Waals surface area contributed by atoms with E-state index in [4.69, 9.17) is 4.74 Å². The summed E-state index contributed by atoms with van der Waals surface area (Å²) in [4.78, 5) is 25.5. The SMILES string of the molecule is COC(C)(C)[C@H](NC(=O)[C@@H]1CC1c1ccccc1)C(=O)C(C)(C)C. The second-order valence-corrected chi connectivity index (χ2v) is 8.22. The van der Waals surface area contributed by atoms with Gasteiger partial charge in [0.2, 0.25) is 5.91 Å². The zero-order valence-electron chi connectivity index (χ0n) is 15.6. The third-order valence-electron chi connectivity index (χ3n) is 4.86. The molecular weight excluding hydrogens is 302 g/mol. The Balaban J connectivity index is 2.10. The predicted molar refractivity (Wildman–Crippen MR) is 94.8 cm³/mol. The molecule has 2 rings (SSSR count). The van der Waals surface area contributed by atoms with Crippen LogP contribution in [0.15, 0.2) is 30.3 Å². The standard InChI is InChI=1S/C20H29NO3/c1-19(2,3)17(22)16(20(4,5)24-6)21-18(23)15-12-14(15)13-10-8-7-9-11-13/h7-11,14-16H,12H2,1-6H3,(H,21,23)/t14?,15-,16-/m1/s1. The van der Waals surface area contributed by atoms with E-state index in [0.29, 0.717) is 0 Å². The first-order chi connectivity index (χ1) is 11.1. The molecule has 1 aliphatic rings. The average molecular weight is 331 g/mol. The lowest BCUT2D eigenvalue weighted by atomic mass is 9.80. The van der Waals surface area contributed by atoms with Crippen LogP contribution in [0.3, 0.4) is 0 Å². The first-order valence-electron chi connectivity index (χ1n) is 8.52. The molecule has 1 amide bonds. The molecule has 1 aromatic carbocycles. The van der Waals surface area contributed by atoms with Gasteiger partial charge in [-0.2, -0.15) is 0 Å². The smallest absolute Gasteiger partial charge is 0.224 e. The maximum absolute atomic E-state index is 12.8. The van der Waals surface area contributed by atoms with Crippen molar-refractivity contribution in [3.63, 3.8) is 0 Å². The van der Waals surface area contributed by atoms with Gasteiger partial charge < -0.3 is 10.1 Å². The summed E-state index contributed by atoms with van der Waals surface area (Å²) in [5, 5.41) is 2.96. The van der Waals surface area contributed by atoms with E-state index in [-0.39, 0.29) is 23.5 Å². The molecule has 4 heteroatoms. The molecular formula is C20H29NO3. The quantitative estimate of drug-likeness (QED) is 0.870. The highest BCUT2D eigenvalue weighted by Crippen LogP contribution is 2.47. The number of hydrogen-bond donors (Lipinski definition) is 1. The number of methoxy groups -OCH3 is 1. The third-order valence-corrected chi connectivity index (χ3v) is 4.86. The van der Waals surface area contributed by atoms with Crippen LogP contribution in [0.25, 0.3) is 0 Å². The van der Waals surface area contributed by atoms with Gasteiger partial charge in [-0.1, -0.05) is 51.1 Å². The van der Waals surface area contributed by atoms with Crippen molar-refractivity contribution in [2.75, 3.05) is 7.11 Å². The Morgan fingerprint density at radius 1 is 1.12 bits per heavy atom. The third kappa shape index (κ3) is 4.04. The van der Waals surface area contributed by atoms with E-state index in [0.717, 1.165) is 6.42 Å². The summed E-state index contributed by atoms with van der Waals surface area (Å²) in [5.74, 6) is 0.119. The van der Waals surface area contributed by atoms with Crippen LogP contribution in [0.1, 0.15) is 52.5 Å². The van der Waals surface area contributed by atoms with E-state index < -0.39 is 17.1 Å². The molecule has 4 nitrogen and oxygen atoms in total. The summed E-state index contributed by atoms with van der Waals surface area (Å²) in [7, 11) is 1.57. The van der Waals surface area contributed by atoms with Crippen molar-refractivity contribution in [3.05, 3.63) is 35.9 Å². The molecule has 0 saturated heterocycles. The van der Waals surface area contributed by atoms with Crippen molar-refractivity contribution in [2.45, 2.75) is 58.6 Å². The molecule has 0 heterocycles. The summed E-state index contributed by atoms with van der Waals surface area (Å²) in [5.41, 5.74) is -0.116. The second kappa shape index (κ2) is 6.67. The van der Waals surface area contributed by atoms with Gasteiger partial charge in [-0.05, 0) is 31.7 Å². The molecule has 24 heavy (non-hydrogen) atoms. The maximum Gasteiger partial charge on any atom is 0.224 e. The van der Waals surface area contributed by atoms with Crippen molar-refractivity contribution in [1.29, 1.82) is 0 Å². The largest absolute Gasteiger partial charge is 0.376 e. The van der Waals surface area contributed by atoms with Gasteiger partial charge in [0.25, 0.3) is 0 Å². The van der Waals surface area contributed by atoms with Crippen LogP contribution >= 0.6 is 0 Å². The Hall–Kier alpha value is -1.68. The molecule has 1 aliphatic carbocycles. The number of amides is 1. The van der Waals surface area contributed by atoms with E-state index in [1.54, 1.807) is 7.11 Å². The second-order valence-electron chi connectivity index (χ2n) is 8.22. The van der Waals surface area contributed by atoms with Crippen molar-refractivity contribution in [2.24, 2.45) is 11.3 Å². The highest BCUT2D eigenvalue weighted by Gasteiger charge is 2.47. The number of rotatable bonds is 6. The molecule has 0 bridgehead atoms. The van der Waals surface area contributed by atoms with Crippen molar-refractivity contribution >= 4 is 11.7 Å². The molecule has 0 aromatic heterocycles. The molecule has 3 atom stereocenters. The normalized spacial score (nSPS) is 21.9. The van der Waals surface area contributed by atoms with Gasteiger partial charge in [0.15, 0.2) is 5.78 Å². The van der Waals surface area contributed by atoms with Gasteiger partial charge in [-0.15, -0.1) is 0 Å². The van der Waals surface area contributed by atoms with Gasteiger partial charge in [0, 0.05) is 18.4 Å². The molecule has 0 aliphatic heterocycles. The number of nitrogens with one attached hydrogen (secondary N) is 1. The van der Waals surface area contributed by atoms with Gasteiger partial charge in [-0.25, -0.2) is 0 Å². The average Bonchev–Trinajstić information content (AvgIpc) is 3.32. The molecule has 1 fully saturated rings. The van der Waals surface area contributed by atoms with E-state index in [1.807, 2.05) is 52.8 Å². The van der Waals surface area contributed by atoms with Gasteiger partial charge in [0.05, 0.1) is 5.60 Å². The van der Waals surface area contributed by atoms with Crippen LogP contribution in [-0.4, -0.2) is 30.4 Å². The molecule has 1 aromatic rings. The first kappa shape index (κ1) is 18.7. The lowest BCUT2D eigenvalue weighted by Crippen LogP contribution is -2.58. The Bertz CT molecular complexity index is 601. The zero-order chi connectivity index (χ0) is 18.1. The lowest BCUT2D eigenvalue weighted by molar-refractivity contribution is -0.140. The van der Waals surface area contributed by atoms with Gasteiger partial charge in [0.1, 0.15) is 6.04 Å². The number of carbonyl (C=O) groups is 2. The number of Topliss-reactive ketones (excluding diaryl/α,β-unsaturated/α-hetero) is 1. The summed E-state index contributed by atoms with van der Waals surface area (Å²) < 4.78 is 5.49. The zero-order valence-corrected chi connectivity index (χ0v) is 15.6. The van der Waals surface area contributed by atoms with Crippen LogP contribution in [-0.2, 0) is 14.3 Å². The number of ketones is 1. The highest BCUT2D eigenvalue weighted by molar-refractivity contribution is 5.94. The van der Waals surface area contributed by atoms with Crippen LogP contribution < -0.4 is 5.32 Å². The van der Waals surface area contributed by atoms with Crippen molar-refractivity contribution in [3.8, 4) is 0 Å². The predicted octanol–water partition coefficient (Wildman–Crippen LogP) is 3.32. The number of hydrogen-bond acceptors (Lipinski definition) is 3. The fourth-order valence-corrected chi connectivity index (χ4v) is 2.91.